The Bertz CT molecular complexity index is 606. The molecule has 0 spiro atoms. The van der Waals surface area contributed by atoms with Crippen LogP contribution in [0.2, 0.25) is 0 Å². The van der Waals surface area contributed by atoms with Crippen molar-refractivity contribution >= 4 is 12.0 Å². The average Bonchev–Trinajstić information content (AvgIpc) is 2.37. The molecule has 0 atom stereocenters. The largest absolute Gasteiger partial charge is 0.478 e. The number of aliphatic carboxylic acids is 1. The highest BCUT2D eigenvalue weighted by Gasteiger charge is 2.01. The van der Waals surface area contributed by atoms with E-state index in [4.69, 9.17) is 5.11 Å². The van der Waals surface area contributed by atoms with Crippen LogP contribution in [0.4, 0.5) is 0 Å². The molecule has 0 amide bonds. The van der Waals surface area contributed by atoms with E-state index in [-0.39, 0.29) is 0 Å². The number of hydrogen-bond acceptors (Lipinski definition) is 3. The van der Waals surface area contributed by atoms with Gasteiger partial charge in [-0.25, -0.2) is 14.8 Å². The molecule has 2 aromatic rings. The number of carboxylic acids is 1. The van der Waals surface area contributed by atoms with E-state index in [9.17, 15) is 4.79 Å². The topological polar surface area (TPSA) is 63.1 Å². The van der Waals surface area contributed by atoms with E-state index in [0.29, 0.717) is 11.5 Å². The predicted octanol–water partition coefficient (Wildman–Crippen LogP) is 2.55. The zero-order valence-electron chi connectivity index (χ0n) is 9.87. The van der Waals surface area contributed by atoms with Gasteiger partial charge in [-0.2, -0.15) is 0 Å². The molecule has 0 saturated carbocycles. The number of benzene rings is 1. The van der Waals surface area contributed by atoms with E-state index < -0.39 is 5.97 Å². The van der Waals surface area contributed by atoms with Crippen molar-refractivity contribution in [3.8, 4) is 11.4 Å². The molecule has 1 aromatic carbocycles. The minimum absolute atomic E-state index is 0.573. The van der Waals surface area contributed by atoms with E-state index in [2.05, 4.69) is 9.97 Å². The Morgan fingerprint density at radius 3 is 2.89 bits per heavy atom. The van der Waals surface area contributed by atoms with Crippen LogP contribution in [0, 0.1) is 6.92 Å². The van der Waals surface area contributed by atoms with Gasteiger partial charge in [0.1, 0.15) is 0 Å². The summed E-state index contributed by atoms with van der Waals surface area (Å²) in [4.78, 5) is 18.9. The Labute approximate surface area is 105 Å². The molecule has 1 N–H and O–H groups in total. The van der Waals surface area contributed by atoms with Crippen molar-refractivity contribution in [2.24, 2.45) is 0 Å². The maximum absolute atomic E-state index is 10.4. The van der Waals surface area contributed by atoms with Crippen LogP contribution in [-0.2, 0) is 4.79 Å². The standard InChI is InChI=1S/C14H12N2O2/c1-10-3-2-4-11(9-10)14-15-8-7-12(16-14)5-6-13(17)18/h2-9H,1H3,(H,17,18)/b6-5+. The fourth-order valence-electron chi connectivity index (χ4n) is 1.55. The van der Waals surface area contributed by atoms with Crippen LogP contribution < -0.4 is 0 Å². The van der Waals surface area contributed by atoms with Crippen LogP contribution in [0.1, 0.15) is 11.3 Å². The molecule has 0 fully saturated rings. The van der Waals surface area contributed by atoms with Gasteiger partial charge < -0.3 is 5.11 Å². The maximum atomic E-state index is 10.4. The van der Waals surface area contributed by atoms with E-state index in [1.165, 1.54) is 6.08 Å². The number of aromatic nitrogens is 2. The molecule has 18 heavy (non-hydrogen) atoms. The number of carbonyl (C=O) groups is 1. The second-order valence-corrected chi connectivity index (χ2v) is 3.85. The molecule has 0 unspecified atom stereocenters. The third-order valence-corrected chi connectivity index (χ3v) is 2.35. The summed E-state index contributed by atoms with van der Waals surface area (Å²) >= 11 is 0. The lowest BCUT2D eigenvalue weighted by Crippen LogP contribution is -1.92. The highest BCUT2D eigenvalue weighted by molar-refractivity contribution is 5.84. The summed E-state index contributed by atoms with van der Waals surface area (Å²) in [5.41, 5.74) is 2.62. The van der Waals surface area contributed by atoms with Gasteiger partial charge in [0.25, 0.3) is 0 Å². The molecule has 1 aromatic heterocycles. The molecule has 1 heterocycles. The van der Waals surface area contributed by atoms with Crippen LogP contribution >= 0.6 is 0 Å². The molecule has 0 saturated heterocycles. The van der Waals surface area contributed by atoms with Gasteiger partial charge >= 0.3 is 5.97 Å². The van der Waals surface area contributed by atoms with Crippen molar-refractivity contribution in [3.05, 3.63) is 53.9 Å². The number of rotatable bonds is 3. The van der Waals surface area contributed by atoms with E-state index in [1.807, 2.05) is 31.2 Å². The summed E-state index contributed by atoms with van der Waals surface area (Å²) in [6, 6.07) is 9.51. The molecule has 0 bridgehead atoms. The summed E-state index contributed by atoms with van der Waals surface area (Å²) in [6.45, 7) is 2.00. The fraction of sp³-hybridized carbons (Fsp3) is 0.0714. The molecule has 90 valence electrons. The molecule has 0 radical (unpaired) electrons. The first kappa shape index (κ1) is 12.0. The summed E-state index contributed by atoms with van der Waals surface area (Å²) in [7, 11) is 0. The summed E-state index contributed by atoms with van der Waals surface area (Å²) in [5, 5.41) is 8.57. The smallest absolute Gasteiger partial charge is 0.328 e. The monoisotopic (exact) mass is 240 g/mol. The van der Waals surface area contributed by atoms with Gasteiger partial charge in [0.15, 0.2) is 5.82 Å². The molecule has 0 aliphatic heterocycles. The van der Waals surface area contributed by atoms with E-state index in [0.717, 1.165) is 17.2 Å². The Balaban J connectivity index is 2.35. The quantitative estimate of drug-likeness (QED) is 0.837. The third kappa shape index (κ3) is 3.01. The van der Waals surface area contributed by atoms with Gasteiger partial charge in [-0.1, -0.05) is 23.8 Å². The van der Waals surface area contributed by atoms with Crippen LogP contribution in [-0.4, -0.2) is 21.0 Å². The molecule has 4 nitrogen and oxygen atoms in total. The van der Waals surface area contributed by atoms with Gasteiger partial charge in [-0.15, -0.1) is 0 Å². The normalized spacial score (nSPS) is 10.7. The molecular formula is C14H12N2O2. The average molecular weight is 240 g/mol. The van der Waals surface area contributed by atoms with Crippen molar-refractivity contribution in [2.45, 2.75) is 6.92 Å². The lowest BCUT2D eigenvalue weighted by molar-refractivity contribution is -0.131. The zero-order chi connectivity index (χ0) is 13.0. The predicted molar refractivity (Wildman–Crippen MR) is 68.9 cm³/mol. The highest BCUT2D eigenvalue weighted by atomic mass is 16.4. The van der Waals surface area contributed by atoms with Gasteiger partial charge in [0.2, 0.25) is 0 Å². The second kappa shape index (κ2) is 5.23. The van der Waals surface area contributed by atoms with Crippen LogP contribution in [0.3, 0.4) is 0 Å². The number of hydrogen-bond donors (Lipinski definition) is 1. The molecular weight excluding hydrogens is 228 g/mol. The van der Waals surface area contributed by atoms with Crippen LogP contribution in [0.5, 0.6) is 0 Å². The minimum Gasteiger partial charge on any atom is -0.478 e. The fourth-order valence-corrected chi connectivity index (χ4v) is 1.55. The van der Waals surface area contributed by atoms with Crippen molar-refractivity contribution in [2.75, 3.05) is 0 Å². The highest BCUT2D eigenvalue weighted by Crippen LogP contribution is 2.16. The molecule has 0 aliphatic rings. The zero-order valence-corrected chi connectivity index (χ0v) is 9.87. The van der Waals surface area contributed by atoms with Crippen molar-refractivity contribution < 1.29 is 9.90 Å². The Hall–Kier alpha value is -2.49. The first-order chi connectivity index (χ1) is 8.65. The van der Waals surface area contributed by atoms with Crippen LogP contribution in [0.25, 0.3) is 17.5 Å². The van der Waals surface area contributed by atoms with Gasteiger partial charge in [0, 0.05) is 17.8 Å². The summed E-state index contributed by atoms with van der Waals surface area (Å²) in [5.74, 6) is -0.406. The minimum atomic E-state index is -0.995. The first-order valence-electron chi connectivity index (χ1n) is 5.46. The molecule has 2 rings (SSSR count). The van der Waals surface area contributed by atoms with Crippen molar-refractivity contribution in [1.82, 2.24) is 9.97 Å². The molecule has 4 heteroatoms. The van der Waals surface area contributed by atoms with Crippen LogP contribution in [0.15, 0.2) is 42.6 Å². The number of carboxylic acid groups (broad SMARTS) is 1. The van der Waals surface area contributed by atoms with Gasteiger partial charge in [-0.3, -0.25) is 0 Å². The van der Waals surface area contributed by atoms with Gasteiger partial charge in [-0.05, 0) is 25.1 Å². The summed E-state index contributed by atoms with van der Waals surface area (Å²) < 4.78 is 0. The van der Waals surface area contributed by atoms with E-state index >= 15 is 0 Å². The Morgan fingerprint density at radius 1 is 1.33 bits per heavy atom. The first-order valence-corrected chi connectivity index (χ1v) is 5.46. The van der Waals surface area contributed by atoms with E-state index in [1.54, 1.807) is 12.3 Å². The Kier molecular flexibility index (Phi) is 3.48. The maximum Gasteiger partial charge on any atom is 0.328 e. The molecule has 0 aliphatic carbocycles. The lowest BCUT2D eigenvalue weighted by atomic mass is 10.1. The Morgan fingerprint density at radius 2 is 2.17 bits per heavy atom. The number of aryl methyl sites for hydroxylation is 1. The van der Waals surface area contributed by atoms with Crippen molar-refractivity contribution in [1.29, 1.82) is 0 Å². The van der Waals surface area contributed by atoms with Gasteiger partial charge in [0.05, 0.1) is 5.69 Å². The SMILES string of the molecule is Cc1cccc(-c2nccc(/C=C/C(=O)O)n2)c1. The number of nitrogens with zero attached hydrogens (tertiary/aromatic N) is 2. The van der Waals surface area contributed by atoms with Crippen molar-refractivity contribution in [3.63, 3.8) is 0 Å². The lowest BCUT2D eigenvalue weighted by Gasteiger charge is -2.01. The second-order valence-electron chi connectivity index (χ2n) is 3.85. The summed E-state index contributed by atoms with van der Waals surface area (Å²) in [6.07, 6.45) is 4.12. The third-order valence-electron chi connectivity index (χ3n) is 2.35.